The summed E-state index contributed by atoms with van der Waals surface area (Å²) in [5.74, 6) is 0. The summed E-state index contributed by atoms with van der Waals surface area (Å²) in [7, 11) is 0. The molecule has 0 unspecified atom stereocenters. The van der Waals surface area contributed by atoms with Gasteiger partial charge in [0, 0.05) is 24.6 Å². The molecule has 0 aliphatic heterocycles. The predicted molar refractivity (Wildman–Crippen MR) is 86.8 cm³/mol. The van der Waals surface area contributed by atoms with E-state index in [1.807, 2.05) is 53.2 Å². The van der Waals surface area contributed by atoms with Crippen LogP contribution in [0.2, 0.25) is 5.02 Å². The molecule has 0 radical (unpaired) electrons. The number of nitrogens with zero attached hydrogens (tertiary/aromatic N) is 2. The highest BCUT2D eigenvalue weighted by Gasteiger charge is 2.09. The van der Waals surface area contributed by atoms with Gasteiger partial charge in [-0.2, -0.15) is 0 Å². The third kappa shape index (κ3) is 2.85. The van der Waals surface area contributed by atoms with Crippen molar-refractivity contribution in [2.45, 2.75) is 6.54 Å². The molecule has 3 aromatic rings. The van der Waals surface area contributed by atoms with E-state index in [0.717, 1.165) is 22.6 Å². The lowest BCUT2D eigenvalue weighted by molar-refractivity contribution is 1.04. The highest BCUT2D eigenvalue weighted by molar-refractivity contribution is 6.33. The van der Waals surface area contributed by atoms with E-state index in [1.165, 1.54) is 0 Å². The van der Waals surface area contributed by atoms with Gasteiger partial charge in [0.15, 0.2) is 0 Å². The molecule has 0 saturated carbocycles. The minimum absolute atomic E-state index is 0.634. The van der Waals surface area contributed by atoms with Gasteiger partial charge in [-0.3, -0.25) is 0 Å². The second-order valence-corrected chi connectivity index (χ2v) is 5.07. The third-order valence-electron chi connectivity index (χ3n) is 3.27. The number of nitrogens with one attached hydrogen (secondary N) is 1. The molecule has 4 nitrogen and oxygen atoms in total. The van der Waals surface area contributed by atoms with Crippen molar-refractivity contribution in [3.05, 3.63) is 71.8 Å². The first kappa shape index (κ1) is 13.5. The summed E-state index contributed by atoms with van der Waals surface area (Å²) in [4.78, 5) is 4.07. The summed E-state index contributed by atoms with van der Waals surface area (Å²) >= 11 is 6.32. The zero-order valence-electron chi connectivity index (χ0n) is 11.3. The average Bonchev–Trinajstić information content (AvgIpc) is 3.00. The Morgan fingerprint density at radius 2 is 2.00 bits per heavy atom. The minimum atomic E-state index is 0.634. The quantitative estimate of drug-likeness (QED) is 0.722. The number of rotatable bonds is 4. The van der Waals surface area contributed by atoms with Crippen LogP contribution in [0.5, 0.6) is 0 Å². The van der Waals surface area contributed by atoms with Crippen molar-refractivity contribution in [3.8, 4) is 5.69 Å². The number of nitrogen functional groups attached to an aromatic ring is 1. The topological polar surface area (TPSA) is 55.9 Å². The Morgan fingerprint density at radius 3 is 2.76 bits per heavy atom. The van der Waals surface area contributed by atoms with E-state index in [1.54, 1.807) is 12.5 Å². The van der Waals surface area contributed by atoms with Crippen molar-refractivity contribution < 1.29 is 0 Å². The molecule has 3 N–H and O–H groups in total. The Bertz CT molecular complexity index is 738. The Kier molecular flexibility index (Phi) is 3.79. The van der Waals surface area contributed by atoms with Crippen LogP contribution >= 0.6 is 11.6 Å². The first-order valence-electron chi connectivity index (χ1n) is 6.60. The Labute approximate surface area is 128 Å². The van der Waals surface area contributed by atoms with Crippen LogP contribution in [-0.2, 0) is 6.54 Å². The summed E-state index contributed by atoms with van der Waals surface area (Å²) in [5, 5.41) is 4.05. The van der Waals surface area contributed by atoms with Crippen LogP contribution < -0.4 is 11.1 Å². The van der Waals surface area contributed by atoms with E-state index < -0.39 is 0 Å². The summed E-state index contributed by atoms with van der Waals surface area (Å²) in [6.07, 6.45) is 5.31. The van der Waals surface area contributed by atoms with E-state index in [-0.39, 0.29) is 0 Å². The van der Waals surface area contributed by atoms with Crippen LogP contribution in [0.4, 0.5) is 11.4 Å². The number of imidazole rings is 1. The summed E-state index contributed by atoms with van der Waals surface area (Å²) in [6, 6.07) is 13.6. The zero-order chi connectivity index (χ0) is 14.7. The largest absolute Gasteiger partial charge is 0.398 e. The molecule has 0 fully saturated rings. The van der Waals surface area contributed by atoms with Gasteiger partial charge in [-0.15, -0.1) is 0 Å². The highest BCUT2D eigenvalue weighted by Crippen LogP contribution is 2.29. The number of para-hydroxylation sites is 2. The van der Waals surface area contributed by atoms with Crippen molar-refractivity contribution in [1.29, 1.82) is 0 Å². The number of benzene rings is 2. The molecule has 0 saturated heterocycles. The van der Waals surface area contributed by atoms with Crippen molar-refractivity contribution in [2.24, 2.45) is 0 Å². The monoisotopic (exact) mass is 298 g/mol. The number of anilines is 2. The van der Waals surface area contributed by atoms with Gasteiger partial charge in [0.2, 0.25) is 0 Å². The van der Waals surface area contributed by atoms with Gasteiger partial charge < -0.3 is 15.6 Å². The molecule has 2 aromatic carbocycles. The molecule has 0 aliphatic rings. The van der Waals surface area contributed by atoms with E-state index >= 15 is 0 Å². The molecule has 5 heteroatoms. The van der Waals surface area contributed by atoms with Crippen LogP contribution in [0.1, 0.15) is 5.56 Å². The van der Waals surface area contributed by atoms with Crippen LogP contribution in [0, 0.1) is 0 Å². The maximum atomic E-state index is 6.32. The van der Waals surface area contributed by atoms with Gasteiger partial charge in [-0.05, 0) is 23.8 Å². The van der Waals surface area contributed by atoms with Crippen molar-refractivity contribution >= 4 is 23.0 Å². The summed E-state index contributed by atoms with van der Waals surface area (Å²) < 4.78 is 1.89. The first-order chi connectivity index (χ1) is 10.3. The van der Waals surface area contributed by atoms with Crippen LogP contribution in [-0.4, -0.2) is 9.55 Å². The second-order valence-electron chi connectivity index (χ2n) is 4.66. The number of halogens is 1. The fraction of sp³-hybridized carbons (Fsp3) is 0.0625. The van der Waals surface area contributed by atoms with Crippen LogP contribution in [0.3, 0.4) is 0 Å². The molecule has 1 aromatic heterocycles. The highest BCUT2D eigenvalue weighted by atomic mass is 35.5. The van der Waals surface area contributed by atoms with Crippen molar-refractivity contribution in [1.82, 2.24) is 9.55 Å². The predicted octanol–water partition coefficient (Wildman–Crippen LogP) is 3.72. The molecular formula is C16H15ClN4. The van der Waals surface area contributed by atoms with E-state index in [9.17, 15) is 0 Å². The number of nitrogens with two attached hydrogens (primary N) is 1. The molecule has 0 spiro atoms. The number of hydrogen-bond acceptors (Lipinski definition) is 3. The molecule has 0 amide bonds. The third-order valence-corrected chi connectivity index (χ3v) is 3.58. The van der Waals surface area contributed by atoms with Gasteiger partial charge in [0.25, 0.3) is 0 Å². The molecule has 0 atom stereocenters. The maximum Gasteiger partial charge on any atom is 0.0992 e. The molecule has 1 heterocycles. The van der Waals surface area contributed by atoms with Gasteiger partial charge >= 0.3 is 0 Å². The lowest BCUT2D eigenvalue weighted by Gasteiger charge is -2.15. The zero-order valence-corrected chi connectivity index (χ0v) is 12.1. The average molecular weight is 299 g/mol. The maximum absolute atomic E-state index is 6.32. The van der Waals surface area contributed by atoms with E-state index in [2.05, 4.69) is 10.3 Å². The Hall–Kier alpha value is -2.46. The lowest BCUT2D eigenvalue weighted by Crippen LogP contribution is -2.06. The molecule has 21 heavy (non-hydrogen) atoms. The second kappa shape index (κ2) is 5.89. The smallest absolute Gasteiger partial charge is 0.0992 e. The number of hydrogen-bond donors (Lipinski definition) is 2. The SMILES string of the molecule is Nc1ccccc1CNc1cccc(Cl)c1-n1ccnc1. The lowest BCUT2D eigenvalue weighted by atomic mass is 10.1. The minimum Gasteiger partial charge on any atom is -0.398 e. The standard InChI is InChI=1S/C16H15ClN4/c17-13-5-3-7-15(16(13)21-9-8-19-11-21)20-10-12-4-1-2-6-14(12)18/h1-9,11,20H,10,18H2. The van der Waals surface area contributed by atoms with Crippen LogP contribution in [0.25, 0.3) is 5.69 Å². The first-order valence-corrected chi connectivity index (χ1v) is 6.97. The Balaban J connectivity index is 1.90. The van der Waals surface area contributed by atoms with Crippen molar-refractivity contribution in [2.75, 3.05) is 11.1 Å². The molecule has 0 bridgehead atoms. The van der Waals surface area contributed by atoms with Gasteiger partial charge in [-0.1, -0.05) is 35.9 Å². The molecule has 3 rings (SSSR count). The van der Waals surface area contributed by atoms with Gasteiger partial charge in [0.05, 0.1) is 22.7 Å². The van der Waals surface area contributed by atoms with Gasteiger partial charge in [-0.25, -0.2) is 4.98 Å². The molecular weight excluding hydrogens is 284 g/mol. The summed E-state index contributed by atoms with van der Waals surface area (Å²) in [6.45, 7) is 0.634. The van der Waals surface area contributed by atoms with Crippen molar-refractivity contribution in [3.63, 3.8) is 0 Å². The number of aromatic nitrogens is 2. The van der Waals surface area contributed by atoms with Crippen LogP contribution in [0.15, 0.2) is 61.2 Å². The normalized spacial score (nSPS) is 10.5. The fourth-order valence-electron chi connectivity index (χ4n) is 2.20. The van der Waals surface area contributed by atoms with E-state index in [4.69, 9.17) is 17.3 Å². The van der Waals surface area contributed by atoms with Gasteiger partial charge in [0.1, 0.15) is 0 Å². The molecule has 106 valence electrons. The fourth-order valence-corrected chi connectivity index (χ4v) is 2.47. The Morgan fingerprint density at radius 1 is 1.14 bits per heavy atom. The van der Waals surface area contributed by atoms with E-state index in [0.29, 0.717) is 11.6 Å². The summed E-state index contributed by atoms with van der Waals surface area (Å²) in [5.41, 5.74) is 9.61. The molecule has 0 aliphatic carbocycles.